The van der Waals surface area contributed by atoms with Crippen molar-refractivity contribution in [3.8, 4) is 5.75 Å². The van der Waals surface area contributed by atoms with E-state index in [1.165, 1.54) is 11.0 Å². The number of nitrogens with one attached hydrogen (secondary N) is 1. The van der Waals surface area contributed by atoms with Crippen LogP contribution in [0.15, 0.2) is 24.3 Å². The van der Waals surface area contributed by atoms with Gasteiger partial charge in [0, 0.05) is 63.7 Å². The first-order chi connectivity index (χ1) is 24.5. The zero-order valence-electron chi connectivity index (χ0n) is 29.9. The standard InChI is InChI=1S/C36H48N6O9/c1-5-49-32(44)14-13-26(34(46)40-16-18-41(19-17-40)36(48)50-6-2)38-33(45)28-21-30(25-12-9-23(3)20-27(25)37-28)51-22-31(43)42-15-7-8-29(42)35(47)39(4)24-10-11-24/h9,12,20-21,24,26,29H,5-8,10-11,13-19,22H2,1-4H3,(H,38,45)/t26-,29-/m0/s1. The molecule has 1 aromatic carbocycles. The Balaban J connectivity index is 1.31. The van der Waals surface area contributed by atoms with E-state index < -0.39 is 36.0 Å². The van der Waals surface area contributed by atoms with E-state index in [-0.39, 0.29) is 88.1 Å². The highest BCUT2D eigenvalue weighted by Crippen LogP contribution is 2.30. The first kappa shape index (κ1) is 37.3. The zero-order chi connectivity index (χ0) is 36.7. The Kier molecular flexibility index (Phi) is 12.3. The lowest BCUT2D eigenvalue weighted by Crippen LogP contribution is -2.56. The van der Waals surface area contributed by atoms with Crippen LogP contribution in [0.4, 0.5) is 4.79 Å². The van der Waals surface area contributed by atoms with Gasteiger partial charge < -0.3 is 39.1 Å². The molecule has 2 aliphatic heterocycles. The molecule has 2 atom stereocenters. The summed E-state index contributed by atoms with van der Waals surface area (Å²) in [5.41, 5.74) is 1.30. The predicted molar refractivity (Wildman–Crippen MR) is 185 cm³/mol. The van der Waals surface area contributed by atoms with Crippen molar-refractivity contribution in [2.24, 2.45) is 0 Å². The maximum Gasteiger partial charge on any atom is 0.409 e. The fourth-order valence-electron chi connectivity index (χ4n) is 6.49. The number of aryl methyl sites for hydroxylation is 1. The van der Waals surface area contributed by atoms with Gasteiger partial charge in [-0.25, -0.2) is 9.78 Å². The topological polar surface area (TPSA) is 168 Å². The monoisotopic (exact) mass is 708 g/mol. The zero-order valence-corrected chi connectivity index (χ0v) is 29.9. The number of carbonyl (C=O) groups excluding carboxylic acids is 6. The lowest BCUT2D eigenvalue weighted by molar-refractivity contribution is -0.144. The van der Waals surface area contributed by atoms with Crippen molar-refractivity contribution in [2.75, 3.05) is 59.6 Å². The molecule has 0 unspecified atom stereocenters. The number of carbonyl (C=O) groups is 6. The summed E-state index contributed by atoms with van der Waals surface area (Å²) in [6.07, 6.45) is 2.70. The number of likely N-dealkylation sites (tertiary alicyclic amines) is 1. The largest absolute Gasteiger partial charge is 0.483 e. The van der Waals surface area contributed by atoms with E-state index in [4.69, 9.17) is 14.2 Å². The van der Waals surface area contributed by atoms with Gasteiger partial charge in [-0.3, -0.25) is 24.0 Å². The number of nitrogens with zero attached hydrogens (tertiary/aromatic N) is 5. The van der Waals surface area contributed by atoms with Crippen molar-refractivity contribution in [1.29, 1.82) is 0 Å². The highest BCUT2D eigenvalue weighted by atomic mass is 16.6. The Morgan fingerprint density at radius 1 is 0.941 bits per heavy atom. The quantitative estimate of drug-likeness (QED) is 0.305. The van der Waals surface area contributed by atoms with Crippen LogP contribution in [0.25, 0.3) is 10.9 Å². The summed E-state index contributed by atoms with van der Waals surface area (Å²) in [7, 11) is 1.79. The van der Waals surface area contributed by atoms with Crippen LogP contribution in [-0.2, 0) is 28.7 Å². The second-order valence-corrected chi connectivity index (χ2v) is 13.1. The summed E-state index contributed by atoms with van der Waals surface area (Å²) < 4.78 is 16.2. The molecule has 5 rings (SSSR count). The summed E-state index contributed by atoms with van der Waals surface area (Å²) in [6, 6.07) is 5.51. The van der Waals surface area contributed by atoms with Crippen LogP contribution in [0.3, 0.4) is 0 Å². The van der Waals surface area contributed by atoms with Crippen molar-refractivity contribution >= 4 is 46.6 Å². The Bertz CT molecular complexity index is 1640. The Labute approximate surface area is 297 Å². The third kappa shape index (κ3) is 9.24. The Hall–Kier alpha value is -4.95. The lowest BCUT2D eigenvalue weighted by atomic mass is 10.1. The highest BCUT2D eigenvalue weighted by Gasteiger charge is 2.40. The highest BCUT2D eigenvalue weighted by molar-refractivity contribution is 5.99. The normalized spacial score (nSPS) is 17.9. The average Bonchev–Trinajstić information content (AvgIpc) is 3.86. The van der Waals surface area contributed by atoms with Crippen molar-refractivity contribution in [3.63, 3.8) is 0 Å². The molecule has 0 bridgehead atoms. The molecule has 0 radical (unpaired) electrons. The SMILES string of the molecule is CCOC(=O)CC[C@H](NC(=O)c1cc(OCC(=O)N2CCC[C@H]2C(=O)N(C)C2CC2)c2ccc(C)cc2n1)C(=O)N1CCN(C(=O)OCC)CC1. The van der Waals surface area contributed by atoms with Crippen LogP contribution in [0.2, 0.25) is 0 Å². The fourth-order valence-corrected chi connectivity index (χ4v) is 6.49. The van der Waals surface area contributed by atoms with Crippen LogP contribution >= 0.6 is 0 Å². The van der Waals surface area contributed by atoms with E-state index in [1.807, 2.05) is 13.0 Å². The first-order valence-corrected chi connectivity index (χ1v) is 17.8. The molecule has 0 spiro atoms. The van der Waals surface area contributed by atoms with Crippen LogP contribution < -0.4 is 10.1 Å². The van der Waals surface area contributed by atoms with E-state index in [2.05, 4.69) is 10.3 Å². The van der Waals surface area contributed by atoms with Gasteiger partial charge in [0.2, 0.25) is 11.8 Å². The number of pyridine rings is 1. The maximum absolute atomic E-state index is 13.8. The second-order valence-electron chi connectivity index (χ2n) is 13.1. The van der Waals surface area contributed by atoms with E-state index in [0.29, 0.717) is 23.9 Å². The molecular formula is C36H48N6O9. The smallest absolute Gasteiger partial charge is 0.409 e. The second kappa shape index (κ2) is 16.8. The van der Waals surface area contributed by atoms with Crippen LogP contribution in [0.5, 0.6) is 5.75 Å². The minimum Gasteiger partial charge on any atom is -0.483 e. The van der Waals surface area contributed by atoms with Gasteiger partial charge in [0.25, 0.3) is 11.8 Å². The third-order valence-corrected chi connectivity index (χ3v) is 9.47. The number of aromatic nitrogens is 1. The number of amides is 5. The maximum atomic E-state index is 13.8. The number of likely N-dealkylation sites (N-methyl/N-ethyl adjacent to an activating group) is 1. The minimum absolute atomic E-state index is 0.0162. The number of piperazine rings is 1. The summed E-state index contributed by atoms with van der Waals surface area (Å²) in [5, 5.41) is 3.35. The summed E-state index contributed by atoms with van der Waals surface area (Å²) in [6.45, 7) is 6.79. The molecule has 1 N–H and O–H groups in total. The minimum atomic E-state index is -1.09. The lowest BCUT2D eigenvalue weighted by Gasteiger charge is -2.36. The van der Waals surface area contributed by atoms with Gasteiger partial charge in [-0.1, -0.05) is 6.07 Å². The molecule has 2 saturated heterocycles. The van der Waals surface area contributed by atoms with Gasteiger partial charge in [0.1, 0.15) is 23.5 Å². The molecule has 51 heavy (non-hydrogen) atoms. The van der Waals surface area contributed by atoms with Gasteiger partial charge in [-0.15, -0.1) is 0 Å². The van der Waals surface area contributed by atoms with Gasteiger partial charge in [-0.2, -0.15) is 0 Å². The van der Waals surface area contributed by atoms with E-state index in [9.17, 15) is 28.8 Å². The molecule has 15 nitrogen and oxygen atoms in total. The molecule has 1 saturated carbocycles. The fraction of sp³-hybridized carbons (Fsp3) is 0.583. The molecule has 3 heterocycles. The van der Waals surface area contributed by atoms with Gasteiger partial charge in [0.05, 0.1) is 18.7 Å². The number of benzene rings is 1. The van der Waals surface area contributed by atoms with Crippen molar-refractivity contribution in [3.05, 3.63) is 35.5 Å². The van der Waals surface area contributed by atoms with Crippen molar-refractivity contribution in [1.82, 2.24) is 29.9 Å². The van der Waals surface area contributed by atoms with E-state index in [0.717, 1.165) is 24.8 Å². The summed E-state index contributed by atoms with van der Waals surface area (Å²) in [4.78, 5) is 89.4. The van der Waals surface area contributed by atoms with Crippen molar-refractivity contribution in [2.45, 2.75) is 77.4 Å². The van der Waals surface area contributed by atoms with E-state index >= 15 is 0 Å². The molecule has 1 aromatic heterocycles. The third-order valence-electron chi connectivity index (χ3n) is 9.47. The molecule has 15 heteroatoms. The molecule has 3 aliphatic rings. The van der Waals surface area contributed by atoms with Crippen LogP contribution in [0, 0.1) is 6.92 Å². The number of ether oxygens (including phenoxy) is 3. The summed E-state index contributed by atoms with van der Waals surface area (Å²) >= 11 is 0. The number of hydrogen-bond donors (Lipinski definition) is 1. The van der Waals surface area contributed by atoms with Crippen LogP contribution in [0.1, 0.15) is 68.4 Å². The average molecular weight is 709 g/mol. The molecule has 5 amide bonds. The Morgan fingerprint density at radius 2 is 1.65 bits per heavy atom. The molecule has 3 fully saturated rings. The number of rotatable bonds is 13. The molecule has 1 aliphatic carbocycles. The van der Waals surface area contributed by atoms with Gasteiger partial charge >= 0.3 is 12.1 Å². The van der Waals surface area contributed by atoms with Crippen LogP contribution in [-0.4, -0.2) is 138 Å². The first-order valence-electron chi connectivity index (χ1n) is 17.8. The molecule has 2 aromatic rings. The predicted octanol–water partition coefficient (Wildman–Crippen LogP) is 2.28. The Morgan fingerprint density at radius 3 is 2.33 bits per heavy atom. The molecular weight excluding hydrogens is 660 g/mol. The van der Waals surface area contributed by atoms with E-state index in [1.54, 1.807) is 47.7 Å². The van der Waals surface area contributed by atoms with Gasteiger partial charge in [0.15, 0.2) is 6.61 Å². The number of hydrogen-bond acceptors (Lipinski definition) is 10. The van der Waals surface area contributed by atoms with Gasteiger partial charge in [-0.05, 0) is 70.6 Å². The van der Waals surface area contributed by atoms with Crippen molar-refractivity contribution < 1.29 is 43.0 Å². The number of esters is 1. The number of fused-ring (bicyclic) bond motifs is 1. The summed E-state index contributed by atoms with van der Waals surface area (Å²) in [5.74, 6) is -1.71. The molecule has 276 valence electrons.